The molecule has 1 aliphatic rings. The van der Waals surface area contributed by atoms with Crippen molar-refractivity contribution in [2.45, 2.75) is 25.8 Å². The molecule has 19 heavy (non-hydrogen) atoms. The minimum atomic E-state index is 0.0945. The minimum Gasteiger partial charge on any atom is -0.349 e. The van der Waals surface area contributed by atoms with Crippen LogP contribution in [0.3, 0.4) is 0 Å². The van der Waals surface area contributed by atoms with Crippen LogP contribution in [0.15, 0.2) is 36.4 Å². The van der Waals surface area contributed by atoms with Crippen molar-refractivity contribution in [1.29, 1.82) is 0 Å². The molecule has 1 aliphatic carbocycles. The highest BCUT2D eigenvalue weighted by molar-refractivity contribution is 5.77. The Kier molecular flexibility index (Phi) is 3.31. The van der Waals surface area contributed by atoms with Crippen molar-refractivity contribution in [2.24, 2.45) is 5.92 Å². The fourth-order valence-corrected chi connectivity index (χ4v) is 2.45. The van der Waals surface area contributed by atoms with Crippen LogP contribution in [0.4, 0.5) is 0 Å². The molecule has 1 aromatic carbocycles. The Morgan fingerprint density at radius 3 is 3.11 bits per heavy atom. The topological polar surface area (TPSA) is 57.8 Å². The SMILES string of the molecule is O=C(CC1C=CCC1)NCc1nc2ccccc2[nH]1. The standard InChI is InChI=1S/C15H17N3O/c19-15(9-11-5-1-2-6-11)16-10-14-17-12-7-3-4-8-13(12)18-14/h1,3-5,7-8,11H,2,6,9-10H2,(H,16,19)(H,17,18). The van der Waals surface area contributed by atoms with E-state index < -0.39 is 0 Å². The number of H-pyrrole nitrogens is 1. The predicted molar refractivity (Wildman–Crippen MR) is 74.4 cm³/mol. The molecule has 0 fully saturated rings. The number of allylic oxidation sites excluding steroid dienone is 2. The normalized spacial score (nSPS) is 18.0. The molecule has 0 saturated carbocycles. The summed E-state index contributed by atoms with van der Waals surface area (Å²) < 4.78 is 0. The van der Waals surface area contributed by atoms with Gasteiger partial charge in [-0.05, 0) is 30.9 Å². The maximum atomic E-state index is 11.8. The van der Waals surface area contributed by atoms with Crippen molar-refractivity contribution in [3.8, 4) is 0 Å². The Bertz CT molecular complexity index is 582. The lowest BCUT2D eigenvalue weighted by molar-refractivity contribution is -0.121. The maximum absolute atomic E-state index is 11.8. The number of carbonyl (C=O) groups is 1. The summed E-state index contributed by atoms with van der Waals surface area (Å²) in [5.41, 5.74) is 1.94. The van der Waals surface area contributed by atoms with E-state index in [1.165, 1.54) is 0 Å². The smallest absolute Gasteiger partial charge is 0.220 e. The first-order valence-electron chi connectivity index (χ1n) is 6.68. The van der Waals surface area contributed by atoms with E-state index in [-0.39, 0.29) is 5.91 Å². The Hall–Kier alpha value is -2.10. The molecular weight excluding hydrogens is 238 g/mol. The average molecular weight is 255 g/mol. The fraction of sp³-hybridized carbons (Fsp3) is 0.333. The molecule has 98 valence electrons. The van der Waals surface area contributed by atoms with Crippen LogP contribution in [-0.2, 0) is 11.3 Å². The first-order valence-corrected chi connectivity index (χ1v) is 6.68. The number of rotatable bonds is 4. The van der Waals surface area contributed by atoms with Gasteiger partial charge in [0.2, 0.25) is 5.91 Å². The Balaban J connectivity index is 1.56. The van der Waals surface area contributed by atoms with Gasteiger partial charge in [-0.1, -0.05) is 24.3 Å². The van der Waals surface area contributed by atoms with Crippen LogP contribution in [0.2, 0.25) is 0 Å². The van der Waals surface area contributed by atoms with Gasteiger partial charge in [0, 0.05) is 6.42 Å². The summed E-state index contributed by atoms with van der Waals surface area (Å²) >= 11 is 0. The summed E-state index contributed by atoms with van der Waals surface area (Å²) in [4.78, 5) is 19.4. The lowest BCUT2D eigenvalue weighted by atomic mass is 10.1. The molecule has 0 aliphatic heterocycles. The first kappa shape index (κ1) is 12.0. The largest absolute Gasteiger partial charge is 0.349 e. The van der Waals surface area contributed by atoms with Crippen molar-refractivity contribution >= 4 is 16.9 Å². The van der Waals surface area contributed by atoms with Crippen LogP contribution in [0.1, 0.15) is 25.1 Å². The van der Waals surface area contributed by atoms with Crippen molar-refractivity contribution in [1.82, 2.24) is 15.3 Å². The van der Waals surface area contributed by atoms with Crippen LogP contribution in [0, 0.1) is 5.92 Å². The molecular formula is C15H17N3O. The Morgan fingerprint density at radius 2 is 2.32 bits per heavy atom. The van der Waals surface area contributed by atoms with E-state index in [1.54, 1.807) is 0 Å². The van der Waals surface area contributed by atoms with E-state index in [1.807, 2.05) is 24.3 Å². The highest BCUT2D eigenvalue weighted by atomic mass is 16.1. The number of aromatic nitrogens is 2. The summed E-state index contributed by atoms with van der Waals surface area (Å²) in [5.74, 6) is 1.31. The van der Waals surface area contributed by atoms with Crippen LogP contribution in [0.25, 0.3) is 11.0 Å². The number of carbonyl (C=O) groups excluding carboxylic acids is 1. The monoisotopic (exact) mass is 255 g/mol. The second kappa shape index (κ2) is 5.26. The van der Waals surface area contributed by atoms with Crippen molar-refractivity contribution < 1.29 is 4.79 Å². The van der Waals surface area contributed by atoms with Gasteiger partial charge in [0.25, 0.3) is 0 Å². The second-order valence-electron chi connectivity index (χ2n) is 4.95. The second-order valence-corrected chi connectivity index (χ2v) is 4.95. The van der Waals surface area contributed by atoms with Gasteiger partial charge in [-0.2, -0.15) is 0 Å². The van der Waals surface area contributed by atoms with Crippen LogP contribution < -0.4 is 5.32 Å². The number of amides is 1. The highest BCUT2D eigenvalue weighted by Crippen LogP contribution is 2.20. The van der Waals surface area contributed by atoms with Crippen molar-refractivity contribution in [3.05, 3.63) is 42.2 Å². The quantitative estimate of drug-likeness (QED) is 0.825. The number of hydrogen-bond acceptors (Lipinski definition) is 2. The summed E-state index contributed by atoms with van der Waals surface area (Å²) in [7, 11) is 0. The number of nitrogens with zero attached hydrogens (tertiary/aromatic N) is 1. The van der Waals surface area contributed by atoms with Gasteiger partial charge in [-0.3, -0.25) is 4.79 Å². The number of nitrogens with one attached hydrogen (secondary N) is 2. The molecule has 2 aromatic rings. The number of fused-ring (bicyclic) bond motifs is 1. The molecule has 0 bridgehead atoms. The lowest BCUT2D eigenvalue weighted by Crippen LogP contribution is -2.24. The molecule has 3 rings (SSSR count). The third-order valence-electron chi connectivity index (χ3n) is 3.45. The highest BCUT2D eigenvalue weighted by Gasteiger charge is 2.14. The number of benzene rings is 1. The van der Waals surface area contributed by atoms with Crippen LogP contribution >= 0.6 is 0 Å². The van der Waals surface area contributed by atoms with Gasteiger partial charge in [-0.25, -0.2) is 4.98 Å². The van der Waals surface area contributed by atoms with Gasteiger partial charge in [0.1, 0.15) is 5.82 Å². The molecule has 0 saturated heterocycles. The molecule has 1 heterocycles. The zero-order valence-corrected chi connectivity index (χ0v) is 10.7. The third-order valence-corrected chi connectivity index (χ3v) is 3.45. The third kappa shape index (κ3) is 2.84. The van der Waals surface area contributed by atoms with E-state index in [0.29, 0.717) is 18.9 Å². The number of para-hydroxylation sites is 2. The molecule has 4 heteroatoms. The Labute approximate surface area is 111 Å². The summed E-state index contributed by atoms with van der Waals surface area (Å²) in [5, 5.41) is 2.92. The number of hydrogen-bond donors (Lipinski definition) is 2. The molecule has 2 N–H and O–H groups in total. The molecule has 0 spiro atoms. The number of imidazole rings is 1. The van der Waals surface area contributed by atoms with Crippen LogP contribution in [0.5, 0.6) is 0 Å². The van der Waals surface area contributed by atoms with Gasteiger partial charge < -0.3 is 10.3 Å². The van der Waals surface area contributed by atoms with Gasteiger partial charge in [0.15, 0.2) is 0 Å². The summed E-state index contributed by atoms with van der Waals surface area (Å²) in [6.45, 7) is 0.462. The molecule has 1 amide bonds. The van der Waals surface area contributed by atoms with E-state index >= 15 is 0 Å². The molecule has 1 atom stereocenters. The lowest BCUT2D eigenvalue weighted by Gasteiger charge is -2.07. The van der Waals surface area contributed by atoms with Gasteiger partial charge in [0.05, 0.1) is 17.6 Å². The van der Waals surface area contributed by atoms with E-state index in [0.717, 1.165) is 29.7 Å². The Morgan fingerprint density at radius 1 is 1.42 bits per heavy atom. The maximum Gasteiger partial charge on any atom is 0.220 e. The van der Waals surface area contributed by atoms with E-state index in [4.69, 9.17) is 0 Å². The predicted octanol–water partition coefficient (Wildman–Crippen LogP) is 2.54. The zero-order valence-electron chi connectivity index (χ0n) is 10.7. The molecule has 1 unspecified atom stereocenters. The summed E-state index contributed by atoms with van der Waals surface area (Å²) in [6.07, 6.45) is 7.06. The van der Waals surface area contributed by atoms with Crippen molar-refractivity contribution in [2.75, 3.05) is 0 Å². The van der Waals surface area contributed by atoms with Crippen molar-refractivity contribution in [3.63, 3.8) is 0 Å². The van der Waals surface area contributed by atoms with Crippen LogP contribution in [-0.4, -0.2) is 15.9 Å². The van der Waals surface area contributed by atoms with Gasteiger partial charge >= 0.3 is 0 Å². The number of aromatic amines is 1. The molecule has 0 radical (unpaired) electrons. The van der Waals surface area contributed by atoms with E-state index in [9.17, 15) is 4.79 Å². The molecule has 1 aromatic heterocycles. The molecule has 4 nitrogen and oxygen atoms in total. The fourth-order valence-electron chi connectivity index (χ4n) is 2.45. The zero-order chi connectivity index (χ0) is 13.1. The van der Waals surface area contributed by atoms with E-state index in [2.05, 4.69) is 27.4 Å². The summed E-state index contributed by atoms with van der Waals surface area (Å²) in [6, 6.07) is 7.87. The van der Waals surface area contributed by atoms with Gasteiger partial charge in [-0.15, -0.1) is 0 Å². The minimum absolute atomic E-state index is 0.0945. The first-order chi connectivity index (χ1) is 9.31. The average Bonchev–Trinajstić information content (AvgIpc) is 3.04.